The predicted octanol–water partition coefficient (Wildman–Crippen LogP) is 3.08. The number of carbonyl (C=O) groups is 1. The van der Waals surface area contributed by atoms with Crippen LogP contribution in [0.25, 0.3) is 11.4 Å². The molecule has 3 aromatic heterocycles. The number of piperidine rings is 1. The molecule has 1 unspecified atom stereocenters. The molecular weight excluding hydrogens is 342 g/mol. The van der Waals surface area contributed by atoms with Crippen molar-refractivity contribution in [2.75, 3.05) is 0 Å². The fraction of sp³-hybridized carbons (Fsp3) is 0.350. The summed E-state index contributed by atoms with van der Waals surface area (Å²) in [6.07, 6.45) is 8.85. The Morgan fingerprint density at radius 3 is 2.52 bits per heavy atom. The zero-order valence-corrected chi connectivity index (χ0v) is 14.7. The highest BCUT2D eigenvalue weighted by molar-refractivity contribution is 5.93. The van der Waals surface area contributed by atoms with Crippen LogP contribution in [0, 0.1) is 0 Å². The number of rotatable bonds is 3. The average Bonchev–Trinajstić information content (AvgIpc) is 3.32. The number of hydrogen-bond donors (Lipinski definition) is 0. The molecule has 3 aromatic rings. The molecule has 7 heteroatoms. The zero-order chi connectivity index (χ0) is 18.2. The molecule has 2 saturated heterocycles. The fourth-order valence-corrected chi connectivity index (χ4v) is 4.35. The summed E-state index contributed by atoms with van der Waals surface area (Å²) in [6.45, 7) is 0. The number of carbonyl (C=O) groups excluding carboxylic acids is 1. The van der Waals surface area contributed by atoms with Crippen molar-refractivity contribution in [1.82, 2.24) is 25.0 Å². The van der Waals surface area contributed by atoms with Crippen molar-refractivity contribution in [3.05, 3.63) is 60.5 Å². The van der Waals surface area contributed by atoms with Crippen molar-refractivity contribution in [2.24, 2.45) is 0 Å². The van der Waals surface area contributed by atoms with Gasteiger partial charge < -0.3 is 9.42 Å². The Morgan fingerprint density at radius 2 is 1.81 bits per heavy atom. The van der Waals surface area contributed by atoms with E-state index in [0.29, 0.717) is 17.4 Å². The Morgan fingerprint density at radius 1 is 1.04 bits per heavy atom. The van der Waals surface area contributed by atoms with E-state index in [1.807, 2.05) is 29.2 Å². The minimum Gasteiger partial charge on any atom is -0.339 e. The van der Waals surface area contributed by atoms with E-state index < -0.39 is 0 Å². The maximum absolute atomic E-state index is 12.9. The Hall–Kier alpha value is -3.09. The van der Waals surface area contributed by atoms with Crippen molar-refractivity contribution in [3.8, 4) is 11.4 Å². The lowest BCUT2D eigenvalue weighted by atomic mass is 9.90. The molecule has 0 saturated carbocycles. The molecular formula is C20H19N5O2. The quantitative estimate of drug-likeness (QED) is 0.713. The van der Waals surface area contributed by atoms with Gasteiger partial charge in [0.2, 0.25) is 11.7 Å². The molecule has 2 fully saturated rings. The summed E-state index contributed by atoms with van der Waals surface area (Å²) in [6, 6.07) is 9.62. The van der Waals surface area contributed by atoms with Gasteiger partial charge in [-0.25, -0.2) is 0 Å². The maximum Gasteiger partial charge on any atom is 0.272 e. The lowest BCUT2D eigenvalue weighted by Gasteiger charge is -2.37. The number of hydrogen-bond acceptors (Lipinski definition) is 6. The molecule has 0 spiro atoms. The van der Waals surface area contributed by atoms with Gasteiger partial charge in [-0.3, -0.25) is 14.8 Å². The van der Waals surface area contributed by atoms with Crippen LogP contribution in [0.3, 0.4) is 0 Å². The van der Waals surface area contributed by atoms with E-state index in [9.17, 15) is 4.79 Å². The van der Waals surface area contributed by atoms with Crippen LogP contribution < -0.4 is 0 Å². The normalized spacial score (nSPS) is 24.1. The third-order valence-electron chi connectivity index (χ3n) is 5.58. The number of aromatic nitrogens is 4. The smallest absolute Gasteiger partial charge is 0.272 e. The highest BCUT2D eigenvalue weighted by atomic mass is 16.5. The highest BCUT2D eigenvalue weighted by Gasteiger charge is 2.45. The van der Waals surface area contributed by atoms with Crippen molar-refractivity contribution in [1.29, 1.82) is 0 Å². The molecule has 2 aliphatic rings. The van der Waals surface area contributed by atoms with E-state index in [4.69, 9.17) is 4.52 Å². The molecule has 3 atom stereocenters. The molecule has 136 valence electrons. The molecule has 2 bridgehead atoms. The molecule has 0 aromatic carbocycles. The van der Waals surface area contributed by atoms with Gasteiger partial charge in [0.05, 0.1) is 0 Å². The molecule has 27 heavy (non-hydrogen) atoms. The molecule has 5 rings (SSSR count). The predicted molar refractivity (Wildman–Crippen MR) is 96.7 cm³/mol. The Bertz CT molecular complexity index is 929. The van der Waals surface area contributed by atoms with Crippen molar-refractivity contribution in [2.45, 2.75) is 43.7 Å². The fourth-order valence-electron chi connectivity index (χ4n) is 4.35. The second-order valence-electron chi connectivity index (χ2n) is 7.17. The van der Waals surface area contributed by atoms with Gasteiger partial charge in [0, 0.05) is 42.2 Å². The molecule has 0 aliphatic carbocycles. The number of fused-ring (bicyclic) bond motifs is 2. The van der Waals surface area contributed by atoms with Crippen LogP contribution in [-0.4, -0.2) is 43.0 Å². The van der Waals surface area contributed by atoms with Gasteiger partial charge in [-0.05, 0) is 49.9 Å². The van der Waals surface area contributed by atoms with Crippen LogP contribution in [0.2, 0.25) is 0 Å². The van der Waals surface area contributed by atoms with E-state index in [2.05, 4.69) is 20.1 Å². The van der Waals surface area contributed by atoms with Crippen LogP contribution in [-0.2, 0) is 0 Å². The Labute approximate surface area is 156 Å². The molecule has 0 radical (unpaired) electrons. The molecule has 7 nitrogen and oxygen atoms in total. The summed E-state index contributed by atoms with van der Waals surface area (Å²) in [5, 5.41) is 4.13. The average molecular weight is 361 g/mol. The van der Waals surface area contributed by atoms with E-state index in [1.165, 1.54) is 0 Å². The van der Waals surface area contributed by atoms with E-state index in [-0.39, 0.29) is 23.9 Å². The minimum atomic E-state index is 0.0320. The Kier molecular flexibility index (Phi) is 3.92. The summed E-state index contributed by atoms with van der Waals surface area (Å²) in [7, 11) is 0. The first-order valence-electron chi connectivity index (χ1n) is 9.27. The van der Waals surface area contributed by atoms with Crippen molar-refractivity contribution < 1.29 is 9.32 Å². The van der Waals surface area contributed by atoms with Crippen LogP contribution in [0.1, 0.15) is 48.0 Å². The van der Waals surface area contributed by atoms with Crippen LogP contribution in [0.4, 0.5) is 0 Å². The van der Waals surface area contributed by atoms with Gasteiger partial charge in [0.1, 0.15) is 5.69 Å². The van der Waals surface area contributed by atoms with E-state index in [0.717, 1.165) is 31.2 Å². The largest absolute Gasteiger partial charge is 0.339 e. The zero-order valence-electron chi connectivity index (χ0n) is 14.7. The first kappa shape index (κ1) is 16.1. The number of amides is 1. The number of nitrogens with zero attached hydrogens (tertiary/aromatic N) is 5. The first-order valence-corrected chi connectivity index (χ1v) is 9.27. The van der Waals surface area contributed by atoms with Gasteiger partial charge in [0.15, 0.2) is 0 Å². The molecule has 1 amide bonds. The van der Waals surface area contributed by atoms with E-state index >= 15 is 0 Å². The summed E-state index contributed by atoms with van der Waals surface area (Å²) in [5.41, 5.74) is 1.41. The van der Waals surface area contributed by atoms with Gasteiger partial charge in [-0.1, -0.05) is 11.2 Å². The summed E-state index contributed by atoms with van der Waals surface area (Å²) in [5.74, 6) is 1.48. The van der Waals surface area contributed by atoms with Crippen molar-refractivity contribution >= 4 is 5.91 Å². The van der Waals surface area contributed by atoms with E-state index in [1.54, 1.807) is 24.7 Å². The van der Waals surface area contributed by atoms with Gasteiger partial charge in [0.25, 0.3) is 5.91 Å². The topological polar surface area (TPSA) is 85.0 Å². The highest BCUT2D eigenvalue weighted by Crippen LogP contribution is 2.43. The molecule has 5 heterocycles. The van der Waals surface area contributed by atoms with Gasteiger partial charge in [-0.2, -0.15) is 4.98 Å². The SMILES string of the molecule is O=C(c1ccccn1)N1[C@@H]2CC[C@H]1CC(c1nc(-c3ccncc3)no1)C2. The van der Waals surface area contributed by atoms with Crippen LogP contribution in [0.5, 0.6) is 0 Å². The summed E-state index contributed by atoms with van der Waals surface area (Å²) in [4.78, 5) is 27.8. The van der Waals surface area contributed by atoms with Gasteiger partial charge >= 0.3 is 0 Å². The lowest BCUT2D eigenvalue weighted by Crippen LogP contribution is -2.46. The van der Waals surface area contributed by atoms with Crippen LogP contribution >= 0.6 is 0 Å². The van der Waals surface area contributed by atoms with Crippen LogP contribution in [0.15, 0.2) is 53.4 Å². The molecule has 0 N–H and O–H groups in total. The van der Waals surface area contributed by atoms with Gasteiger partial charge in [-0.15, -0.1) is 0 Å². The Balaban J connectivity index is 1.35. The summed E-state index contributed by atoms with van der Waals surface area (Å²) >= 11 is 0. The van der Waals surface area contributed by atoms with Crippen molar-refractivity contribution in [3.63, 3.8) is 0 Å². The maximum atomic E-state index is 12.9. The minimum absolute atomic E-state index is 0.0320. The monoisotopic (exact) mass is 361 g/mol. The standard InChI is InChI=1S/C20H19N5O2/c26-20(17-3-1-2-8-22-17)25-15-4-5-16(25)12-14(11-15)19-23-18(24-27-19)13-6-9-21-10-7-13/h1-3,6-10,14-16H,4-5,11-12H2/t14?,15-,16+. The third-order valence-corrected chi connectivity index (χ3v) is 5.58. The number of pyridine rings is 2. The molecule has 2 aliphatic heterocycles. The second kappa shape index (κ2) is 6.57. The summed E-state index contributed by atoms with van der Waals surface area (Å²) < 4.78 is 5.57. The first-order chi connectivity index (χ1) is 13.3. The lowest BCUT2D eigenvalue weighted by molar-refractivity contribution is 0.0549. The second-order valence-corrected chi connectivity index (χ2v) is 7.17. The third kappa shape index (κ3) is 2.89.